The molecule has 24 heavy (non-hydrogen) atoms. The zero-order valence-corrected chi connectivity index (χ0v) is 15.9. The van der Waals surface area contributed by atoms with Crippen molar-refractivity contribution in [3.05, 3.63) is 33.8 Å². The Balaban J connectivity index is 1.68. The van der Waals surface area contributed by atoms with Gasteiger partial charge in [-0.15, -0.1) is 0 Å². The minimum absolute atomic E-state index is 0.0755. The number of hydrogen-bond acceptors (Lipinski definition) is 2. The fourth-order valence-corrected chi connectivity index (χ4v) is 3.36. The second-order valence-corrected chi connectivity index (χ2v) is 7.10. The zero-order chi connectivity index (χ0) is 17.4. The molecule has 1 aliphatic rings. The summed E-state index contributed by atoms with van der Waals surface area (Å²) >= 11 is 12.1. The van der Waals surface area contributed by atoms with E-state index in [0.717, 1.165) is 62.7 Å². The quantitative estimate of drug-likeness (QED) is 0.733. The molecule has 1 aromatic rings. The summed E-state index contributed by atoms with van der Waals surface area (Å²) in [7, 11) is 0. The fraction of sp³-hybridized carbons (Fsp3) is 0.611. The van der Waals surface area contributed by atoms with Gasteiger partial charge in [-0.05, 0) is 30.5 Å². The lowest BCUT2D eigenvalue weighted by Crippen LogP contribution is -2.52. The van der Waals surface area contributed by atoms with Crippen molar-refractivity contribution in [1.29, 1.82) is 0 Å². The van der Waals surface area contributed by atoms with E-state index in [1.54, 1.807) is 6.07 Å². The molecule has 1 fully saturated rings. The highest BCUT2D eigenvalue weighted by Crippen LogP contribution is 2.21. The highest BCUT2D eigenvalue weighted by atomic mass is 35.5. The molecule has 134 valence electrons. The molecule has 0 unspecified atom stereocenters. The minimum atomic E-state index is 0.0755. The van der Waals surface area contributed by atoms with Gasteiger partial charge >= 0.3 is 6.03 Å². The SMILES string of the molecule is CCCCCNC(=O)N1CCN(CCc2ccc(Cl)cc2Cl)CC1. The van der Waals surface area contributed by atoms with Gasteiger partial charge < -0.3 is 10.2 Å². The molecule has 0 atom stereocenters. The molecule has 0 bridgehead atoms. The standard InChI is InChI=1S/C18H27Cl2N3O/c1-2-3-4-8-21-18(24)23-12-10-22(11-13-23)9-7-15-5-6-16(19)14-17(15)20/h5-6,14H,2-4,7-13H2,1H3,(H,21,24). The molecule has 1 saturated heterocycles. The van der Waals surface area contributed by atoms with Gasteiger partial charge in [0.05, 0.1) is 0 Å². The molecular formula is C18H27Cl2N3O. The maximum Gasteiger partial charge on any atom is 0.317 e. The lowest BCUT2D eigenvalue weighted by atomic mass is 10.1. The maximum absolute atomic E-state index is 12.1. The molecule has 1 N–H and O–H groups in total. The van der Waals surface area contributed by atoms with Crippen LogP contribution in [0, 0.1) is 0 Å². The molecule has 1 aromatic carbocycles. The summed E-state index contributed by atoms with van der Waals surface area (Å²) in [5, 5.41) is 4.41. The average Bonchev–Trinajstić information content (AvgIpc) is 2.58. The predicted octanol–water partition coefficient (Wildman–Crippen LogP) is 4.05. The Morgan fingerprint density at radius 1 is 1.17 bits per heavy atom. The van der Waals surface area contributed by atoms with Crippen molar-refractivity contribution >= 4 is 29.2 Å². The molecule has 4 nitrogen and oxygen atoms in total. The summed E-state index contributed by atoms with van der Waals surface area (Å²) < 4.78 is 0. The molecule has 0 aromatic heterocycles. The Kier molecular flexibility index (Phi) is 8.16. The Labute approximate surface area is 155 Å². The van der Waals surface area contributed by atoms with E-state index in [0.29, 0.717) is 5.02 Å². The third-order valence-electron chi connectivity index (χ3n) is 4.43. The third-order valence-corrected chi connectivity index (χ3v) is 5.02. The Morgan fingerprint density at radius 2 is 1.92 bits per heavy atom. The van der Waals surface area contributed by atoms with E-state index >= 15 is 0 Å². The smallest absolute Gasteiger partial charge is 0.317 e. The normalized spacial score (nSPS) is 15.5. The Morgan fingerprint density at radius 3 is 2.58 bits per heavy atom. The number of unbranched alkanes of at least 4 members (excludes halogenated alkanes) is 2. The number of hydrogen-bond donors (Lipinski definition) is 1. The second-order valence-electron chi connectivity index (χ2n) is 6.25. The molecule has 1 heterocycles. The van der Waals surface area contributed by atoms with Gasteiger partial charge in [0.1, 0.15) is 0 Å². The van der Waals surface area contributed by atoms with Gasteiger partial charge in [0.15, 0.2) is 0 Å². The van der Waals surface area contributed by atoms with E-state index in [4.69, 9.17) is 23.2 Å². The van der Waals surface area contributed by atoms with E-state index in [1.165, 1.54) is 12.8 Å². The van der Waals surface area contributed by atoms with Crippen LogP contribution in [0.5, 0.6) is 0 Å². The first-order chi connectivity index (χ1) is 11.6. The van der Waals surface area contributed by atoms with Crippen molar-refractivity contribution in [3.63, 3.8) is 0 Å². The number of nitrogens with zero attached hydrogens (tertiary/aromatic N) is 2. The summed E-state index contributed by atoms with van der Waals surface area (Å²) in [5.74, 6) is 0. The molecule has 0 radical (unpaired) electrons. The lowest BCUT2D eigenvalue weighted by Gasteiger charge is -2.34. The van der Waals surface area contributed by atoms with Crippen LogP contribution < -0.4 is 5.32 Å². The Hall–Kier alpha value is -0.970. The number of amides is 2. The van der Waals surface area contributed by atoms with Crippen molar-refractivity contribution in [2.75, 3.05) is 39.3 Å². The highest BCUT2D eigenvalue weighted by Gasteiger charge is 2.20. The van der Waals surface area contributed by atoms with Crippen molar-refractivity contribution in [2.45, 2.75) is 32.6 Å². The second kappa shape index (κ2) is 10.1. The molecule has 2 rings (SSSR count). The average molecular weight is 372 g/mol. The summed E-state index contributed by atoms with van der Waals surface area (Å²) in [5.41, 5.74) is 1.12. The van der Waals surface area contributed by atoms with Crippen LogP contribution in [0.4, 0.5) is 4.79 Å². The topological polar surface area (TPSA) is 35.6 Å². The van der Waals surface area contributed by atoms with Gasteiger partial charge in [-0.3, -0.25) is 4.90 Å². The number of carbonyl (C=O) groups is 1. The first-order valence-electron chi connectivity index (χ1n) is 8.79. The summed E-state index contributed by atoms with van der Waals surface area (Å²) in [6.45, 7) is 7.29. The van der Waals surface area contributed by atoms with Crippen LogP contribution in [0.3, 0.4) is 0 Å². The predicted molar refractivity (Wildman–Crippen MR) is 101 cm³/mol. The van der Waals surface area contributed by atoms with Crippen LogP contribution in [0.25, 0.3) is 0 Å². The molecule has 0 spiro atoms. The maximum atomic E-state index is 12.1. The van der Waals surface area contributed by atoms with Crippen LogP contribution in [-0.4, -0.2) is 55.1 Å². The number of nitrogens with one attached hydrogen (secondary N) is 1. The number of piperazine rings is 1. The van der Waals surface area contributed by atoms with Crippen molar-refractivity contribution in [1.82, 2.24) is 15.1 Å². The van der Waals surface area contributed by atoms with Crippen LogP contribution in [0.2, 0.25) is 10.0 Å². The first kappa shape index (κ1) is 19.4. The number of benzene rings is 1. The van der Waals surface area contributed by atoms with Crippen molar-refractivity contribution < 1.29 is 4.79 Å². The number of rotatable bonds is 7. The highest BCUT2D eigenvalue weighted by molar-refractivity contribution is 6.35. The van der Waals surface area contributed by atoms with Gasteiger partial charge in [0.25, 0.3) is 0 Å². The summed E-state index contributed by atoms with van der Waals surface area (Å²) in [6, 6.07) is 5.74. The molecule has 6 heteroatoms. The molecular weight excluding hydrogens is 345 g/mol. The number of halogens is 2. The first-order valence-corrected chi connectivity index (χ1v) is 9.55. The lowest BCUT2D eigenvalue weighted by molar-refractivity contribution is 0.140. The molecule has 1 aliphatic heterocycles. The largest absolute Gasteiger partial charge is 0.338 e. The molecule has 0 saturated carbocycles. The van der Waals surface area contributed by atoms with Crippen molar-refractivity contribution in [2.24, 2.45) is 0 Å². The van der Waals surface area contributed by atoms with Crippen LogP contribution in [0.15, 0.2) is 18.2 Å². The van der Waals surface area contributed by atoms with Gasteiger partial charge in [-0.1, -0.05) is 49.0 Å². The van der Waals surface area contributed by atoms with Crippen LogP contribution in [0.1, 0.15) is 31.7 Å². The molecule has 2 amide bonds. The van der Waals surface area contributed by atoms with E-state index in [9.17, 15) is 4.79 Å². The van der Waals surface area contributed by atoms with Gasteiger partial charge in [0, 0.05) is 49.3 Å². The van der Waals surface area contributed by atoms with Gasteiger partial charge in [-0.25, -0.2) is 4.79 Å². The van der Waals surface area contributed by atoms with Crippen molar-refractivity contribution in [3.8, 4) is 0 Å². The van der Waals surface area contributed by atoms with Gasteiger partial charge in [-0.2, -0.15) is 0 Å². The minimum Gasteiger partial charge on any atom is -0.338 e. The van der Waals surface area contributed by atoms with E-state index in [2.05, 4.69) is 17.1 Å². The third kappa shape index (κ3) is 6.15. The molecule has 0 aliphatic carbocycles. The van der Waals surface area contributed by atoms with E-state index in [1.807, 2.05) is 17.0 Å². The fourth-order valence-electron chi connectivity index (χ4n) is 2.86. The number of urea groups is 1. The zero-order valence-electron chi connectivity index (χ0n) is 14.4. The van der Waals surface area contributed by atoms with E-state index in [-0.39, 0.29) is 6.03 Å². The van der Waals surface area contributed by atoms with Crippen LogP contribution >= 0.6 is 23.2 Å². The summed E-state index contributed by atoms with van der Waals surface area (Å²) in [6.07, 6.45) is 4.30. The van der Waals surface area contributed by atoms with Crippen LogP contribution in [-0.2, 0) is 6.42 Å². The monoisotopic (exact) mass is 371 g/mol. The van der Waals surface area contributed by atoms with E-state index < -0.39 is 0 Å². The van der Waals surface area contributed by atoms with Gasteiger partial charge in [0.2, 0.25) is 0 Å². The number of carbonyl (C=O) groups excluding carboxylic acids is 1. The summed E-state index contributed by atoms with van der Waals surface area (Å²) in [4.78, 5) is 16.4. The Bertz CT molecular complexity index is 531.